The maximum absolute atomic E-state index is 13.0. The molecule has 2 heterocycles. The first-order valence-electron chi connectivity index (χ1n) is 13.3. The molecule has 0 aromatic rings. The van der Waals surface area contributed by atoms with Crippen molar-refractivity contribution in [1.82, 2.24) is 0 Å². The second-order valence-electron chi connectivity index (χ2n) is 11.4. The maximum atomic E-state index is 13.0. The van der Waals surface area contributed by atoms with Crippen LogP contribution in [0.2, 0.25) is 0 Å². The molecule has 4 rings (SSSR count). The number of allylic oxidation sites excluding steroid dienone is 1. The molecule has 4 aliphatic rings. The van der Waals surface area contributed by atoms with Crippen molar-refractivity contribution >= 4 is 41.4 Å². The fourth-order valence-electron chi connectivity index (χ4n) is 6.81. The highest BCUT2D eigenvalue weighted by molar-refractivity contribution is 6.23. The fourth-order valence-corrected chi connectivity index (χ4v) is 7.13. The molecular weight excluding hydrogens is 564 g/mol. The molecule has 13 heteroatoms. The van der Waals surface area contributed by atoms with Gasteiger partial charge >= 0.3 is 29.8 Å². The Hall–Kier alpha value is -2.96. The molecular formula is C28H35ClO12. The smallest absolute Gasteiger partial charge is 0.312 e. The number of alkyl halides is 1. The van der Waals surface area contributed by atoms with Gasteiger partial charge in [0.2, 0.25) is 0 Å². The number of esters is 5. The molecule has 0 aromatic carbocycles. The summed E-state index contributed by atoms with van der Waals surface area (Å²) in [7, 11) is 0. The molecule has 2 aliphatic heterocycles. The van der Waals surface area contributed by atoms with Gasteiger partial charge in [-0.25, -0.2) is 0 Å². The van der Waals surface area contributed by atoms with Crippen molar-refractivity contribution in [2.45, 2.75) is 95.1 Å². The van der Waals surface area contributed by atoms with E-state index >= 15 is 0 Å². The van der Waals surface area contributed by atoms with Gasteiger partial charge in [0.05, 0.1) is 23.3 Å². The van der Waals surface area contributed by atoms with E-state index in [1.54, 1.807) is 6.92 Å². The molecule has 226 valence electrons. The Morgan fingerprint density at radius 1 is 1.00 bits per heavy atom. The quantitative estimate of drug-likeness (QED) is 0.215. The number of hydrogen-bond acceptors (Lipinski definition) is 12. The SMILES string of the molecule is C=C1C=CC(OC(C)=O)C2(C)C(OC(C)=O)CC(OC(C)=O)C3(CO3)C2C(OC(C)=O)C2(O)C(C)C(=O)OC2C1Cl. The summed E-state index contributed by atoms with van der Waals surface area (Å²) in [6, 6.07) is 0. The summed E-state index contributed by atoms with van der Waals surface area (Å²) < 4.78 is 34.7. The summed E-state index contributed by atoms with van der Waals surface area (Å²) in [4.78, 5) is 62.8. The average Bonchev–Trinajstić information content (AvgIpc) is 3.61. The zero-order chi connectivity index (χ0) is 30.7. The molecule has 0 bridgehead atoms. The van der Waals surface area contributed by atoms with Gasteiger partial charge in [-0.15, -0.1) is 11.6 Å². The van der Waals surface area contributed by atoms with Gasteiger partial charge in [-0.2, -0.15) is 0 Å². The summed E-state index contributed by atoms with van der Waals surface area (Å²) in [5.74, 6) is -6.15. The first-order valence-corrected chi connectivity index (χ1v) is 13.7. The Kier molecular flexibility index (Phi) is 8.09. The number of hydrogen-bond donors (Lipinski definition) is 1. The van der Waals surface area contributed by atoms with Crippen LogP contribution >= 0.6 is 11.6 Å². The molecule has 41 heavy (non-hydrogen) atoms. The van der Waals surface area contributed by atoms with Crippen molar-refractivity contribution in [3.05, 3.63) is 24.3 Å². The van der Waals surface area contributed by atoms with E-state index in [9.17, 15) is 29.1 Å². The monoisotopic (exact) mass is 598 g/mol. The number of halogens is 1. The third-order valence-corrected chi connectivity index (χ3v) is 9.28. The van der Waals surface area contributed by atoms with E-state index in [1.165, 1.54) is 39.8 Å². The van der Waals surface area contributed by atoms with E-state index in [0.29, 0.717) is 0 Å². The molecule has 0 radical (unpaired) electrons. The normalized spacial score (nSPS) is 43.2. The Morgan fingerprint density at radius 3 is 2.05 bits per heavy atom. The lowest BCUT2D eigenvalue weighted by atomic mass is 9.52. The van der Waals surface area contributed by atoms with Crippen LogP contribution in [0.3, 0.4) is 0 Å². The van der Waals surface area contributed by atoms with Gasteiger partial charge in [0.1, 0.15) is 30.0 Å². The van der Waals surface area contributed by atoms with E-state index in [2.05, 4.69) is 6.58 Å². The first kappa shape index (κ1) is 31.0. The predicted molar refractivity (Wildman–Crippen MR) is 139 cm³/mol. The van der Waals surface area contributed by atoms with Crippen LogP contribution in [-0.2, 0) is 52.4 Å². The highest BCUT2D eigenvalue weighted by Gasteiger charge is 2.78. The second kappa shape index (κ2) is 10.7. The van der Waals surface area contributed by atoms with E-state index < -0.39 is 94.2 Å². The summed E-state index contributed by atoms with van der Waals surface area (Å²) in [5, 5.41) is 11.3. The van der Waals surface area contributed by atoms with Crippen LogP contribution in [0.5, 0.6) is 0 Å². The molecule has 1 spiro atoms. The molecule has 12 nitrogen and oxygen atoms in total. The van der Waals surface area contributed by atoms with Crippen molar-refractivity contribution < 1.29 is 57.5 Å². The second-order valence-corrected chi connectivity index (χ2v) is 11.9. The molecule has 2 saturated heterocycles. The molecule has 1 N–H and O–H groups in total. The minimum absolute atomic E-state index is 0.0206. The fraction of sp³-hybridized carbons (Fsp3) is 0.679. The summed E-state index contributed by atoms with van der Waals surface area (Å²) in [5.41, 5.74) is -5.00. The Bertz CT molecular complexity index is 1190. The van der Waals surface area contributed by atoms with Gasteiger partial charge in [-0.05, 0) is 18.6 Å². The molecule has 2 aliphatic carbocycles. The Balaban J connectivity index is 2.09. The molecule has 0 aromatic heterocycles. The minimum atomic E-state index is -2.28. The zero-order valence-corrected chi connectivity index (χ0v) is 24.5. The molecule has 11 atom stereocenters. The lowest BCUT2D eigenvalue weighted by molar-refractivity contribution is -0.254. The number of fused-ring (bicyclic) bond motifs is 3. The van der Waals surface area contributed by atoms with Gasteiger partial charge in [0.25, 0.3) is 0 Å². The van der Waals surface area contributed by atoms with Gasteiger partial charge in [-0.3, -0.25) is 24.0 Å². The van der Waals surface area contributed by atoms with Crippen LogP contribution < -0.4 is 0 Å². The standard InChI is InChI=1S/C28H35ClO12/c1-12-8-9-18(37-14(3)30)26(7)19(38-15(4)31)10-20(39-16(5)32)27(11-36-27)22(26)24(40-17(6)33)28(35)13(2)25(34)41-23(28)21(12)29/h8-9,13,18-24,35H,1,10-11H2,2-7H3. The predicted octanol–water partition coefficient (Wildman–Crippen LogP) is 1.53. The van der Waals surface area contributed by atoms with E-state index in [1.807, 2.05) is 0 Å². The van der Waals surface area contributed by atoms with Gasteiger partial charge < -0.3 is 33.5 Å². The van der Waals surface area contributed by atoms with E-state index in [0.717, 1.165) is 6.92 Å². The molecule has 0 amide bonds. The minimum Gasteiger partial charge on any atom is -0.462 e. The van der Waals surface area contributed by atoms with Crippen molar-refractivity contribution in [2.24, 2.45) is 17.3 Å². The summed E-state index contributed by atoms with van der Waals surface area (Å²) in [6.07, 6.45) is -3.54. The van der Waals surface area contributed by atoms with Crippen molar-refractivity contribution in [1.29, 1.82) is 0 Å². The van der Waals surface area contributed by atoms with Crippen LogP contribution in [0, 0.1) is 17.3 Å². The van der Waals surface area contributed by atoms with Gasteiger partial charge in [-0.1, -0.05) is 19.6 Å². The number of epoxide rings is 1. The van der Waals surface area contributed by atoms with Crippen LogP contribution in [0.25, 0.3) is 0 Å². The summed E-state index contributed by atoms with van der Waals surface area (Å²) in [6.45, 7) is 11.7. The number of aliphatic hydroxyl groups is 1. The highest BCUT2D eigenvalue weighted by Crippen LogP contribution is 2.63. The number of ether oxygens (including phenoxy) is 6. The third kappa shape index (κ3) is 5.03. The Morgan fingerprint density at radius 2 is 1.54 bits per heavy atom. The maximum Gasteiger partial charge on any atom is 0.312 e. The largest absolute Gasteiger partial charge is 0.462 e. The average molecular weight is 599 g/mol. The Labute approximate surface area is 242 Å². The van der Waals surface area contributed by atoms with E-state index in [-0.39, 0.29) is 18.6 Å². The van der Waals surface area contributed by atoms with Crippen LogP contribution in [0.4, 0.5) is 0 Å². The van der Waals surface area contributed by atoms with Crippen molar-refractivity contribution in [3.8, 4) is 0 Å². The summed E-state index contributed by atoms with van der Waals surface area (Å²) >= 11 is 6.73. The van der Waals surface area contributed by atoms with Gasteiger partial charge in [0, 0.05) is 40.0 Å². The molecule has 3 fully saturated rings. The van der Waals surface area contributed by atoms with Crippen molar-refractivity contribution in [3.63, 3.8) is 0 Å². The number of carbonyl (C=O) groups excluding carboxylic acids is 5. The first-order chi connectivity index (χ1) is 19.0. The highest BCUT2D eigenvalue weighted by atomic mass is 35.5. The molecule has 11 unspecified atom stereocenters. The number of carbonyl (C=O) groups is 5. The zero-order valence-electron chi connectivity index (χ0n) is 23.7. The van der Waals surface area contributed by atoms with Crippen LogP contribution in [0.15, 0.2) is 24.3 Å². The van der Waals surface area contributed by atoms with Crippen LogP contribution in [0.1, 0.15) is 48.0 Å². The van der Waals surface area contributed by atoms with Gasteiger partial charge in [0.15, 0.2) is 11.7 Å². The topological polar surface area (TPSA) is 164 Å². The lowest BCUT2D eigenvalue weighted by Crippen LogP contribution is -2.72. The molecule has 1 saturated carbocycles. The van der Waals surface area contributed by atoms with Crippen molar-refractivity contribution in [2.75, 3.05) is 6.61 Å². The third-order valence-electron chi connectivity index (χ3n) is 8.77. The van der Waals surface area contributed by atoms with E-state index in [4.69, 9.17) is 40.0 Å². The van der Waals surface area contributed by atoms with Crippen LogP contribution in [-0.4, -0.2) is 88.7 Å². The number of rotatable bonds is 4. The lowest BCUT2D eigenvalue weighted by Gasteiger charge is -2.57.